The van der Waals surface area contributed by atoms with Crippen LogP contribution >= 0.6 is 0 Å². The molecule has 0 amide bonds. The zero-order valence-electron chi connectivity index (χ0n) is 10.7. The van der Waals surface area contributed by atoms with E-state index in [-0.39, 0.29) is 18.8 Å². The maximum absolute atomic E-state index is 13.6. The summed E-state index contributed by atoms with van der Waals surface area (Å²) in [6.07, 6.45) is -1.01. The number of nitrogens with one attached hydrogen (secondary N) is 1. The maximum atomic E-state index is 13.6. The Morgan fingerprint density at radius 2 is 2.16 bits per heavy atom. The fourth-order valence-corrected chi connectivity index (χ4v) is 2.57. The van der Waals surface area contributed by atoms with E-state index in [1.807, 2.05) is 0 Å². The van der Waals surface area contributed by atoms with Crippen LogP contribution in [0, 0.1) is 12.7 Å². The van der Waals surface area contributed by atoms with Crippen LogP contribution in [0.1, 0.15) is 5.56 Å². The van der Waals surface area contributed by atoms with Crippen molar-refractivity contribution in [3.05, 3.63) is 23.5 Å². The second-order valence-corrected chi connectivity index (χ2v) is 5.84. The molecule has 1 atom stereocenters. The third-order valence-electron chi connectivity index (χ3n) is 2.48. The number of nitrogens with two attached hydrogens (primary N) is 1. The van der Waals surface area contributed by atoms with Gasteiger partial charge in [-0.3, -0.25) is 0 Å². The molecule has 0 saturated carbocycles. The number of halogens is 1. The van der Waals surface area contributed by atoms with Crippen molar-refractivity contribution < 1.29 is 22.7 Å². The highest BCUT2D eigenvalue weighted by Gasteiger charge is 2.21. The Balaban J connectivity index is 2.92. The summed E-state index contributed by atoms with van der Waals surface area (Å²) in [5, 5.41) is 9.36. The Hall–Kier alpha value is -1.22. The molecule has 1 aromatic carbocycles. The molecule has 1 aromatic rings. The summed E-state index contributed by atoms with van der Waals surface area (Å²) in [4.78, 5) is -0.541. The molecule has 0 bridgehead atoms. The molecule has 0 spiro atoms. The molecule has 0 aliphatic rings. The number of aliphatic hydroxyl groups excluding tert-OH is 1. The summed E-state index contributed by atoms with van der Waals surface area (Å²) in [7, 11) is -2.69. The minimum Gasteiger partial charge on any atom is -0.398 e. The van der Waals surface area contributed by atoms with E-state index in [0.717, 1.165) is 12.1 Å². The average molecular weight is 292 g/mol. The van der Waals surface area contributed by atoms with Gasteiger partial charge in [0.25, 0.3) is 0 Å². The van der Waals surface area contributed by atoms with Crippen LogP contribution in [0.4, 0.5) is 10.1 Å². The van der Waals surface area contributed by atoms with Gasteiger partial charge in [0.1, 0.15) is 10.7 Å². The highest BCUT2D eigenvalue weighted by molar-refractivity contribution is 7.89. The standard InChI is InChI=1S/C11H17FN2O4S/c1-7-3-9(12)11(4-10(7)13)19(16,17)14-5-8(15)6-18-2/h3-4,8,14-15H,5-6,13H2,1-2H3. The van der Waals surface area contributed by atoms with Crippen molar-refractivity contribution in [1.82, 2.24) is 4.72 Å². The molecule has 8 heteroatoms. The molecular formula is C11H17FN2O4S. The van der Waals surface area contributed by atoms with Crippen molar-refractivity contribution >= 4 is 15.7 Å². The summed E-state index contributed by atoms with van der Waals surface area (Å²) >= 11 is 0. The van der Waals surface area contributed by atoms with E-state index >= 15 is 0 Å². The predicted octanol–water partition coefficient (Wildman–Crippen LogP) is 0.00192. The molecule has 0 aliphatic heterocycles. The summed E-state index contributed by atoms with van der Waals surface area (Å²) < 4.78 is 44.1. The molecule has 0 fully saturated rings. The topological polar surface area (TPSA) is 102 Å². The number of methoxy groups -OCH3 is 1. The third kappa shape index (κ3) is 4.13. The Kier molecular flexibility index (Phi) is 5.24. The van der Waals surface area contributed by atoms with Gasteiger partial charge in [0, 0.05) is 19.3 Å². The lowest BCUT2D eigenvalue weighted by Gasteiger charge is -2.12. The quantitative estimate of drug-likeness (QED) is 0.641. The zero-order valence-corrected chi connectivity index (χ0v) is 11.5. The molecule has 0 aliphatic carbocycles. The van der Waals surface area contributed by atoms with Crippen molar-refractivity contribution in [2.45, 2.75) is 17.9 Å². The minimum atomic E-state index is -4.06. The van der Waals surface area contributed by atoms with Crippen LogP contribution in [0.25, 0.3) is 0 Å². The Morgan fingerprint density at radius 1 is 1.53 bits per heavy atom. The number of benzene rings is 1. The number of nitrogen functional groups attached to an aromatic ring is 1. The Labute approximate surface area is 111 Å². The lowest BCUT2D eigenvalue weighted by Crippen LogP contribution is -2.34. The molecule has 108 valence electrons. The van der Waals surface area contributed by atoms with E-state index in [1.54, 1.807) is 6.92 Å². The second kappa shape index (κ2) is 6.29. The SMILES string of the molecule is COCC(O)CNS(=O)(=O)c1cc(N)c(C)cc1F. The van der Waals surface area contributed by atoms with Crippen molar-refractivity contribution in [3.8, 4) is 0 Å². The van der Waals surface area contributed by atoms with Crippen LogP contribution in [0.3, 0.4) is 0 Å². The summed E-state index contributed by atoms with van der Waals surface area (Å²) in [5.41, 5.74) is 6.20. The van der Waals surface area contributed by atoms with E-state index in [0.29, 0.717) is 5.56 Å². The molecule has 1 unspecified atom stereocenters. The largest absolute Gasteiger partial charge is 0.398 e. The van der Waals surface area contributed by atoms with Gasteiger partial charge in [-0.2, -0.15) is 0 Å². The normalized spacial score (nSPS) is 13.5. The van der Waals surface area contributed by atoms with Crippen molar-refractivity contribution in [1.29, 1.82) is 0 Å². The van der Waals surface area contributed by atoms with Crippen LogP contribution in [0.15, 0.2) is 17.0 Å². The number of hydrogen-bond acceptors (Lipinski definition) is 5. The molecule has 6 nitrogen and oxygen atoms in total. The first-order chi connectivity index (χ1) is 8.77. The van der Waals surface area contributed by atoms with E-state index in [2.05, 4.69) is 9.46 Å². The first-order valence-electron chi connectivity index (χ1n) is 5.50. The van der Waals surface area contributed by atoms with Crippen molar-refractivity contribution in [2.75, 3.05) is 26.0 Å². The van der Waals surface area contributed by atoms with Crippen molar-refractivity contribution in [3.63, 3.8) is 0 Å². The number of ether oxygens (including phenoxy) is 1. The number of anilines is 1. The Bertz CT molecular complexity index is 548. The van der Waals surface area contributed by atoms with E-state index in [9.17, 15) is 17.9 Å². The molecular weight excluding hydrogens is 275 g/mol. The zero-order chi connectivity index (χ0) is 14.6. The molecule has 0 heterocycles. The monoisotopic (exact) mass is 292 g/mol. The highest BCUT2D eigenvalue weighted by atomic mass is 32.2. The number of sulfonamides is 1. The van der Waals surface area contributed by atoms with Gasteiger partial charge in [0.15, 0.2) is 0 Å². The number of aliphatic hydroxyl groups is 1. The van der Waals surface area contributed by atoms with Crippen LogP contribution in [0.5, 0.6) is 0 Å². The van der Waals surface area contributed by atoms with Gasteiger partial charge in [0.05, 0.1) is 12.7 Å². The van der Waals surface area contributed by atoms with Crippen LogP contribution in [-0.2, 0) is 14.8 Å². The number of hydrogen-bond donors (Lipinski definition) is 3. The molecule has 19 heavy (non-hydrogen) atoms. The van der Waals surface area contributed by atoms with E-state index in [4.69, 9.17) is 5.73 Å². The van der Waals surface area contributed by atoms with Gasteiger partial charge < -0.3 is 15.6 Å². The maximum Gasteiger partial charge on any atom is 0.243 e. The molecule has 1 rings (SSSR count). The molecule has 0 saturated heterocycles. The van der Waals surface area contributed by atoms with Gasteiger partial charge in [-0.25, -0.2) is 17.5 Å². The predicted molar refractivity (Wildman–Crippen MR) is 68.6 cm³/mol. The smallest absolute Gasteiger partial charge is 0.243 e. The van der Waals surface area contributed by atoms with Gasteiger partial charge in [0.2, 0.25) is 10.0 Å². The molecule has 0 aromatic heterocycles. The van der Waals surface area contributed by atoms with Crippen LogP contribution < -0.4 is 10.5 Å². The number of aryl methyl sites for hydroxylation is 1. The van der Waals surface area contributed by atoms with Gasteiger partial charge in [-0.1, -0.05) is 0 Å². The third-order valence-corrected chi connectivity index (χ3v) is 3.92. The van der Waals surface area contributed by atoms with E-state index < -0.39 is 26.8 Å². The fraction of sp³-hybridized carbons (Fsp3) is 0.455. The molecule has 0 radical (unpaired) electrons. The summed E-state index contributed by atoms with van der Waals surface area (Å²) in [5.74, 6) is -0.888. The van der Waals surface area contributed by atoms with Crippen LogP contribution in [-0.4, -0.2) is 39.9 Å². The summed E-state index contributed by atoms with van der Waals surface area (Å²) in [6, 6.07) is 2.10. The number of rotatable bonds is 6. The average Bonchev–Trinajstić information content (AvgIpc) is 2.31. The summed E-state index contributed by atoms with van der Waals surface area (Å²) in [6.45, 7) is 1.27. The first-order valence-corrected chi connectivity index (χ1v) is 6.98. The van der Waals surface area contributed by atoms with Gasteiger partial charge in [-0.05, 0) is 24.6 Å². The van der Waals surface area contributed by atoms with Crippen molar-refractivity contribution in [2.24, 2.45) is 0 Å². The first kappa shape index (κ1) is 15.8. The van der Waals surface area contributed by atoms with Gasteiger partial charge >= 0.3 is 0 Å². The molecule has 4 N–H and O–H groups in total. The fourth-order valence-electron chi connectivity index (χ4n) is 1.41. The Morgan fingerprint density at radius 3 is 2.74 bits per heavy atom. The van der Waals surface area contributed by atoms with Crippen LogP contribution in [0.2, 0.25) is 0 Å². The second-order valence-electron chi connectivity index (χ2n) is 4.10. The minimum absolute atomic E-state index is 0.0267. The highest BCUT2D eigenvalue weighted by Crippen LogP contribution is 2.21. The van der Waals surface area contributed by atoms with E-state index in [1.165, 1.54) is 7.11 Å². The lowest BCUT2D eigenvalue weighted by molar-refractivity contribution is 0.0679. The lowest BCUT2D eigenvalue weighted by atomic mass is 10.2. The van der Waals surface area contributed by atoms with Gasteiger partial charge in [-0.15, -0.1) is 0 Å².